The van der Waals surface area contributed by atoms with Crippen LogP contribution in [-0.2, 0) is 4.74 Å². The van der Waals surface area contributed by atoms with E-state index in [1.807, 2.05) is 20.8 Å². The van der Waals surface area contributed by atoms with E-state index in [2.05, 4.69) is 5.32 Å². The maximum absolute atomic E-state index is 14.2. The third-order valence-electron chi connectivity index (χ3n) is 5.13. The number of benzene rings is 1. The Morgan fingerprint density at radius 3 is 2.55 bits per heavy atom. The molecule has 1 aliphatic rings. The molecule has 8 heteroatoms. The van der Waals surface area contributed by atoms with E-state index >= 15 is 0 Å². The van der Waals surface area contributed by atoms with Crippen LogP contribution in [0.15, 0.2) is 18.2 Å². The normalized spacial score (nSPS) is 16.0. The quantitative estimate of drug-likeness (QED) is 0.604. The van der Waals surface area contributed by atoms with Gasteiger partial charge in [-0.2, -0.15) is 0 Å². The summed E-state index contributed by atoms with van der Waals surface area (Å²) in [7, 11) is 0. The summed E-state index contributed by atoms with van der Waals surface area (Å²) in [5.41, 5.74) is -0.561. The first-order chi connectivity index (χ1) is 14.6. The average Bonchev–Trinajstić information content (AvgIpc) is 2.70. The van der Waals surface area contributed by atoms with Gasteiger partial charge in [-0.05, 0) is 71.4 Å². The number of rotatable bonds is 8. The van der Waals surface area contributed by atoms with Gasteiger partial charge in [0.2, 0.25) is 0 Å². The number of aliphatic hydroxyl groups excluding tert-OH is 1. The first kappa shape index (κ1) is 24.9. The maximum Gasteiger partial charge on any atom is 0.410 e. The molecule has 1 aromatic carbocycles. The van der Waals surface area contributed by atoms with E-state index < -0.39 is 23.4 Å². The minimum atomic E-state index is -0.658. The number of likely N-dealkylation sites (tertiary alicyclic amines) is 1. The summed E-state index contributed by atoms with van der Waals surface area (Å²) in [6.45, 7) is 8.87. The molecule has 0 saturated carbocycles. The van der Waals surface area contributed by atoms with Crippen molar-refractivity contribution in [2.45, 2.75) is 65.0 Å². The number of ether oxygens (including phenoxy) is 2. The van der Waals surface area contributed by atoms with Crippen LogP contribution in [0.4, 0.5) is 9.18 Å². The van der Waals surface area contributed by atoms with Crippen LogP contribution >= 0.6 is 0 Å². The van der Waals surface area contributed by atoms with Crippen molar-refractivity contribution in [3.8, 4) is 5.75 Å². The fourth-order valence-corrected chi connectivity index (χ4v) is 3.41. The number of hydrogen-bond acceptors (Lipinski definition) is 5. The number of hydrogen-bond donors (Lipinski definition) is 2. The molecule has 0 bridgehead atoms. The lowest BCUT2D eigenvalue weighted by molar-refractivity contribution is 0.0179. The number of carbonyl (C=O) groups is 2. The Labute approximate surface area is 183 Å². The molecule has 1 saturated heterocycles. The second kappa shape index (κ2) is 11.3. The smallest absolute Gasteiger partial charge is 0.410 e. The molecule has 0 spiro atoms. The number of carbonyl (C=O) groups excluding carboxylic acids is 2. The molecule has 1 atom stereocenters. The first-order valence-electron chi connectivity index (χ1n) is 10.9. The average molecular weight is 439 g/mol. The fourth-order valence-electron chi connectivity index (χ4n) is 3.41. The molecule has 1 fully saturated rings. The Balaban J connectivity index is 1.70. The molecule has 0 radical (unpaired) electrons. The van der Waals surface area contributed by atoms with Gasteiger partial charge in [-0.1, -0.05) is 0 Å². The highest BCUT2D eigenvalue weighted by Crippen LogP contribution is 2.24. The van der Waals surface area contributed by atoms with Crippen LogP contribution in [0, 0.1) is 11.7 Å². The van der Waals surface area contributed by atoms with Gasteiger partial charge in [0.05, 0.1) is 18.8 Å². The monoisotopic (exact) mass is 438 g/mol. The largest absolute Gasteiger partial charge is 0.493 e. The molecular weight excluding hydrogens is 403 g/mol. The highest BCUT2D eigenvalue weighted by Gasteiger charge is 2.26. The summed E-state index contributed by atoms with van der Waals surface area (Å²) >= 11 is 0. The lowest BCUT2D eigenvalue weighted by Gasteiger charge is -2.33. The summed E-state index contributed by atoms with van der Waals surface area (Å²) in [6.07, 6.45) is 3.42. The number of nitrogens with one attached hydrogen (secondary N) is 1. The van der Waals surface area contributed by atoms with Gasteiger partial charge in [-0.25, -0.2) is 9.18 Å². The first-order valence-corrected chi connectivity index (χ1v) is 10.9. The van der Waals surface area contributed by atoms with Crippen molar-refractivity contribution in [3.63, 3.8) is 0 Å². The van der Waals surface area contributed by atoms with Crippen LogP contribution < -0.4 is 10.1 Å². The van der Waals surface area contributed by atoms with Crippen LogP contribution in [0.1, 0.15) is 63.7 Å². The molecular formula is C23H35FN2O5. The minimum absolute atomic E-state index is 0.0793. The third kappa shape index (κ3) is 8.36. The number of halogens is 1. The van der Waals surface area contributed by atoms with Crippen molar-refractivity contribution < 1.29 is 28.6 Å². The number of nitrogens with zero attached hydrogens (tertiary/aromatic N) is 1. The molecule has 0 unspecified atom stereocenters. The van der Waals surface area contributed by atoms with Crippen LogP contribution in [0.25, 0.3) is 0 Å². The topological polar surface area (TPSA) is 88.1 Å². The zero-order valence-electron chi connectivity index (χ0n) is 18.9. The third-order valence-corrected chi connectivity index (χ3v) is 5.13. The molecule has 2 rings (SSSR count). The molecule has 2 amide bonds. The molecule has 7 nitrogen and oxygen atoms in total. The van der Waals surface area contributed by atoms with E-state index in [9.17, 15) is 14.0 Å². The lowest BCUT2D eigenvalue weighted by atomic mass is 9.92. The molecule has 1 aromatic rings. The molecule has 0 aromatic heterocycles. The molecule has 1 heterocycles. The molecule has 31 heavy (non-hydrogen) atoms. The summed E-state index contributed by atoms with van der Waals surface area (Å²) in [5, 5.41) is 11.5. The predicted molar refractivity (Wildman–Crippen MR) is 116 cm³/mol. The van der Waals surface area contributed by atoms with Crippen molar-refractivity contribution in [3.05, 3.63) is 29.6 Å². The summed E-state index contributed by atoms with van der Waals surface area (Å²) in [5.74, 6) is -0.319. The SMILES string of the molecule is C[C@@H](CO)NC(=O)c1ccc(OCCCC2CCN(C(=O)OC(C)(C)C)CC2)cc1F. The molecule has 0 aliphatic carbocycles. The van der Waals surface area contributed by atoms with Crippen molar-refractivity contribution in [2.75, 3.05) is 26.3 Å². The van der Waals surface area contributed by atoms with Crippen molar-refractivity contribution >= 4 is 12.0 Å². The Hall–Kier alpha value is -2.35. The zero-order chi connectivity index (χ0) is 23.0. The van der Waals surface area contributed by atoms with E-state index in [4.69, 9.17) is 14.6 Å². The minimum Gasteiger partial charge on any atom is -0.493 e. The molecule has 1 aliphatic heterocycles. The Morgan fingerprint density at radius 2 is 1.97 bits per heavy atom. The van der Waals surface area contributed by atoms with Gasteiger partial charge >= 0.3 is 6.09 Å². The second-order valence-electron chi connectivity index (χ2n) is 9.10. The van der Waals surface area contributed by atoms with Crippen LogP contribution in [0.2, 0.25) is 0 Å². The summed E-state index contributed by atoms with van der Waals surface area (Å²) < 4.78 is 25.3. The van der Waals surface area contributed by atoms with Crippen LogP contribution in [-0.4, -0.2) is 60.0 Å². The van der Waals surface area contributed by atoms with E-state index in [0.717, 1.165) is 25.7 Å². The van der Waals surface area contributed by atoms with Crippen molar-refractivity contribution in [2.24, 2.45) is 5.92 Å². The van der Waals surface area contributed by atoms with Gasteiger partial charge in [0.25, 0.3) is 5.91 Å². The van der Waals surface area contributed by atoms with Gasteiger partial charge in [0.15, 0.2) is 0 Å². The molecule has 2 N–H and O–H groups in total. The Bertz CT molecular complexity index is 742. The van der Waals surface area contributed by atoms with E-state index in [-0.39, 0.29) is 18.3 Å². The van der Waals surface area contributed by atoms with Crippen molar-refractivity contribution in [1.29, 1.82) is 0 Å². The highest BCUT2D eigenvalue weighted by atomic mass is 19.1. The predicted octanol–water partition coefficient (Wildman–Crippen LogP) is 3.74. The van der Waals surface area contributed by atoms with Crippen molar-refractivity contribution in [1.82, 2.24) is 10.2 Å². The number of amides is 2. The van der Waals surface area contributed by atoms with Gasteiger partial charge in [0, 0.05) is 25.2 Å². The summed E-state index contributed by atoms with van der Waals surface area (Å²) in [6, 6.07) is 3.72. The fraction of sp³-hybridized carbons (Fsp3) is 0.652. The number of aliphatic hydroxyl groups is 1. The standard InChI is InChI=1S/C23H35FN2O5/c1-16(15-27)25-21(28)19-8-7-18(14-20(19)24)30-13-5-6-17-9-11-26(12-10-17)22(29)31-23(2,3)4/h7-8,14,16-17,27H,5-6,9-13,15H2,1-4H3,(H,25,28)/t16-/m0/s1. The summed E-state index contributed by atoms with van der Waals surface area (Å²) in [4.78, 5) is 25.9. The van der Waals surface area contributed by atoms with Gasteiger partial charge in [-0.3, -0.25) is 4.79 Å². The van der Waals surface area contributed by atoms with Gasteiger partial charge < -0.3 is 24.8 Å². The van der Waals surface area contributed by atoms with E-state index in [1.54, 1.807) is 17.9 Å². The molecule has 174 valence electrons. The number of piperidine rings is 1. The van der Waals surface area contributed by atoms with Gasteiger partial charge in [0.1, 0.15) is 17.2 Å². The van der Waals surface area contributed by atoms with Gasteiger partial charge in [-0.15, -0.1) is 0 Å². The van der Waals surface area contributed by atoms with Crippen LogP contribution in [0.5, 0.6) is 5.75 Å². The van der Waals surface area contributed by atoms with E-state index in [0.29, 0.717) is 31.4 Å². The Morgan fingerprint density at radius 1 is 1.29 bits per heavy atom. The maximum atomic E-state index is 14.2. The zero-order valence-corrected chi connectivity index (χ0v) is 18.9. The van der Waals surface area contributed by atoms with E-state index in [1.165, 1.54) is 12.1 Å². The highest BCUT2D eigenvalue weighted by molar-refractivity contribution is 5.94. The second-order valence-corrected chi connectivity index (χ2v) is 9.10. The Kier molecular flexibility index (Phi) is 9.10. The lowest BCUT2D eigenvalue weighted by Crippen LogP contribution is -2.41. The van der Waals surface area contributed by atoms with Crippen LogP contribution in [0.3, 0.4) is 0 Å².